The maximum absolute atomic E-state index is 14.1. The largest absolute Gasteiger partial charge is 0.489 e. The molecule has 2 N–H and O–H groups in total. The number of carboxylic acid groups (broad SMARTS) is 1. The highest BCUT2D eigenvalue weighted by atomic mass is 32.2. The molecule has 0 spiro atoms. The molecule has 0 saturated heterocycles. The van der Waals surface area contributed by atoms with Crippen LogP contribution in [0.4, 0.5) is 51.1 Å². The van der Waals surface area contributed by atoms with Gasteiger partial charge in [-0.2, -0.15) is 51.3 Å². The summed E-state index contributed by atoms with van der Waals surface area (Å²) in [5, 5.41) is 19.9. The molecule has 1 saturated carbocycles. The number of nitrogens with zero attached hydrogens (tertiary/aromatic N) is 4. The number of halogens is 9. The number of carboxylic acids is 1. The van der Waals surface area contributed by atoms with E-state index < -0.39 is 71.4 Å². The maximum atomic E-state index is 14.1. The zero-order valence-electron chi connectivity index (χ0n) is 29.6. The van der Waals surface area contributed by atoms with Crippen LogP contribution >= 0.6 is 11.8 Å². The van der Waals surface area contributed by atoms with Crippen LogP contribution in [0.5, 0.6) is 5.75 Å². The highest BCUT2D eigenvalue weighted by molar-refractivity contribution is 7.98. The summed E-state index contributed by atoms with van der Waals surface area (Å²) in [6.07, 6.45) is -10.6. The Balaban J connectivity index is 1.81. The lowest BCUT2D eigenvalue weighted by Gasteiger charge is -2.37. The molecule has 4 rings (SSSR count). The molecule has 1 fully saturated rings. The van der Waals surface area contributed by atoms with Crippen molar-refractivity contribution in [2.45, 2.75) is 76.8 Å². The second-order valence-electron chi connectivity index (χ2n) is 13.2. The molecule has 1 aliphatic rings. The summed E-state index contributed by atoms with van der Waals surface area (Å²) in [6, 6.07) is 2.79. The number of thioether (sulfide) groups is 1. The van der Waals surface area contributed by atoms with Crippen molar-refractivity contribution in [1.29, 1.82) is 0 Å². The van der Waals surface area contributed by atoms with Gasteiger partial charge in [-0.05, 0) is 98.7 Å². The predicted molar refractivity (Wildman–Crippen MR) is 185 cm³/mol. The molecule has 0 amide bonds. The average molecular weight is 797 g/mol. The molecule has 0 bridgehead atoms. The molecule has 298 valence electrons. The molecule has 2 aromatic carbocycles. The standard InChI is InChI=1S/C36H41F9N4O4S/c1-4-48(19-22-5-6-23(15-32(51)52)31(50)11-22)30-8-7-26(34(37,38)39)14-25(30)20-49(33-46-17-29(18-47-33)53-9-10-54-3)21(2)24-12-27(35(40,41)42)16-28(13-24)36(43,44)45/h7-8,12-14,16-18,21-23,31,50H,4-6,9-11,15,19-20H2,1-3H3,(H,51,52)/t21-,22-,23+,31-/m0/s1. The van der Waals surface area contributed by atoms with E-state index in [1.54, 1.807) is 11.8 Å². The van der Waals surface area contributed by atoms with Crippen molar-refractivity contribution in [2.24, 2.45) is 11.8 Å². The first kappa shape index (κ1) is 42.8. The molecule has 1 heterocycles. The minimum absolute atomic E-state index is 0.00606. The van der Waals surface area contributed by atoms with E-state index in [0.717, 1.165) is 12.1 Å². The van der Waals surface area contributed by atoms with Crippen LogP contribution < -0.4 is 14.5 Å². The summed E-state index contributed by atoms with van der Waals surface area (Å²) in [5.41, 5.74) is -4.25. The Bertz CT molecular complexity index is 1680. The third-order valence-corrected chi connectivity index (χ3v) is 10.0. The molecule has 8 nitrogen and oxygen atoms in total. The Morgan fingerprint density at radius 3 is 2.07 bits per heavy atom. The van der Waals surface area contributed by atoms with E-state index in [2.05, 4.69) is 9.97 Å². The van der Waals surface area contributed by atoms with Gasteiger partial charge in [0.15, 0.2) is 5.75 Å². The summed E-state index contributed by atoms with van der Waals surface area (Å²) in [6.45, 7) is 3.42. The first-order valence-electron chi connectivity index (χ1n) is 17.1. The number of rotatable bonds is 15. The minimum atomic E-state index is -5.15. The van der Waals surface area contributed by atoms with Crippen LogP contribution in [0, 0.1) is 11.8 Å². The number of benzene rings is 2. The molecule has 1 aromatic heterocycles. The zero-order chi connectivity index (χ0) is 40.0. The second-order valence-corrected chi connectivity index (χ2v) is 14.2. The molecule has 54 heavy (non-hydrogen) atoms. The van der Waals surface area contributed by atoms with Crippen molar-refractivity contribution in [3.8, 4) is 5.75 Å². The number of aliphatic hydroxyl groups is 1. The van der Waals surface area contributed by atoms with Gasteiger partial charge >= 0.3 is 24.5 Å². The van der Waals surface area contributed by atoms with Gasteiger partial charge in [-0.3, -0.25) is 4.79 Å². The monoisotopic (exact) mass is 796 g/mol. The zero-order valence-corrected chi connectivity index (χ0v) is 30.4. The van der Waals surface area contributed by atoms with E-state index in [1.165, 1.54) is 42.0 Å². The Morgan fingerprint density at radius 2 is 1.56 bits per heavy atom. The summed E-state index contributed by atoms with van der Waals surface area (Å²) in [5.74, 6) is -1.00. The normalized spacial score (nSPS) is 18.6. The molecular weight excluding hydrogens is 755 g/mol. The van der Waals surface area contributed by atoms with Crippen molar-refractivity contribution in [3.05, 3.63) is 76.6 Å². The fraction of sp³-hybridized carbons (Fsp3) is 0.528. The van der Waals surface area contributed by atoms with Crippen LogP contribution in [0.15, 0.2) is 48.8 Å². The third-order valence-electron chi connectivity index (χ3n) is 9.44. The molecule has 0 unspecified atom stereocenters. The lowest BCUT2D eigenvalue weighted by Crippen LogP contribution is -2.38. The van der Waals surface area contributed by atoms with E-state index in [0.29, 0.717) is 36.4 Å². The van der Waals surface area contributed by atoms with Crippen LogP contribution in [0.1, 0.15) is 73.4 Å². The Hall–Kier alpha value is -3.93. The van der Waals surface area contributed by atoms with E-state index in [1.807, 2.05) is 6.26 Å². The highest BCUT2D eigenvalue weighted by Gasteiger charge is 2.39. The van der Waals surface area contributed by atoms with Crippen LogP contribution in [-0.4, -0.2) is 64.0 Å². The molecule has 3 aromatic rings. The van der Waals surface area contributed by atoms with Gasteiger partial charge in [0.25, 0.3) is 0 Å². The minimum Gasteiger partial charge on any atom is -0.489 e. The van der Waals surface area contributed by atoms with Gasteiger partial charge in [-0.15, -0.1) is 0 Å². The summed E-state index contributed by atoms with van der Waals surface area (Å²) >= 11 is 1.51. The fourth-order valence-corrected chi connectivity index (χ4v) is 6.82. The number of aromatic nitrogens is 2. The lowest BCUT2D eigenvalue weighted by molar-refractivity contribution is -0.143. The van der Waals surface area contributed by atoms with Crippen molar-refractivity contribution in [1.82, 2.24) is 9.97 Å². The molecule has 0 radical (unpaired) electrons. The van der Waals surface area contributed by atoms with Crippen molar-refractivity contribution >= 4 is 29.4 Å². The number of alkyl halides is 9. The summed E-state index contributed by atoms with van der Waals surface area (Å²) in [4.78, 5) is 22.8. The number of hydrogen-bond acceptors (Lipinski definition) is 8. The highest BCUT2D eigenvalue weighted by Crippen LogP contribution is 2.41. The summed E-state index contributed by atoms with van der Waals surface area (Å²) in [7, 11) is 0. The molecule has 18 heteroatoms. The van der Waals surface area contributed by atoms with Gasteiger partial charge in [0.2, 0.25) is 5.95 Å². The van der Waals surface area contributed by atoms with Gasteiger partial charge in [-0.1, -0.05) is 0 Å². The van der Waals surface area contributed by atoms with Crippen LogP contribution in [0.3, 0.4) is 0 Å². The van der Waals surface area contributed by atoms with Gasteiger partial charge in [0, 0.05) is 31.1 Å². The molecule has 4 atom stereocenters. The molecule has 0 aliphatic heterocycles. The number of anilines is 2. The summed E-state index contributed by atoms with van der Waals surface area (Å²) < 4.78 is 131. The maximum Gasteiger partial charge on any atom is 0.416 e. The quantitative estimate of drug-likeness (QED) is 0.115. The number of aliphatic carboxylic acids is 1. The third kappa shape index (κ3) is 11.3. The van der Waals surface area contributed by atoms with Crippen molar-refractivity contribution in [2.75, 3.05) is 41.5 Å². The van der Waals surface area contributed by atoms with Crippen LogP contribution in [0.25, 0.3) is 0 Å². The van der Waals surface area contributed by atoms with Gasteiger partial charge in [0.05, 0.1) is 54.3 Å². The fourth-order valence-electron chi connectivity index (χ4n) is 6.57. The Labute approximate surface area is 310 Å². The van der Waals surface area contributed by atoms with Crippen LogP contribution in [-0.2, 0) is 29.9 Å². The van der Waals surface area contributed by atoms with Crippen molar-refractivity contribution in [3.63, 3.8) is 0 Å². The van der Waals surface area contributed by atoms with Gasteiger partial charge < -0.3 is 24.7 Å². The number of hydrogen-bond donors (Lipinski definition) is 2. The second kappa shape index (κ2) is 17.7. The number of carbonyl (C=O) groups is 1. The van der Waals surface area contributed by atoms with Gasteiger partial charge in [-0.25, -0.2) is 9.97 Å². The lowest BCUT2D eigenvalue weighted by atomic mass is 9.78. The topological polar surface area (TPSA) is 99.0 Å². The van der Waals surface area contributed by atoms with E-state index in [-0.39, 0.29) is 61.8 Å². The number of ether oxygens (including phenoxy) is 1. The van der Waals surface area contributed by atoms with E-state index in [4.69, 9.17) is 4.74 Å². The predicted octanol–water partition coefficient (Wildman–Crippen LogP) is 9.12. The number of aliphatic hydroxyl groups excluding tert-OH is 1. The SMILES string of the molecule is CCN(C[C@H]1CC[C@H](CC(=O)O)[C@@H](O)C1)c1ccc(C(F)(F)F)cc1CN(c1ncc(OCCSC)cn1)[C@@H](C)c1cc(C(F)(F)F)cc(C(F)(F)F)c1. The van der Waals surface area contributed by atoms with Gasteiger partial charge in [0.1, 0.15) is 0 Å². The average Bonchev–Trinajstić information content (AvgIpc) is 3.09. The van der Waals surface area contributed by atoms with E-state index >= 15 is 0 Å². The Kier molecular flexibility index (Phi) is 14.0. The van der Waals surface area contributed by atoms with Crippen LogP contribution in [0.2, 0.25) is 0 Å². The van der Waals surface area contributed by atoms with E-state index in [9.17, 15) is 54.5 Å². The van der Waals surface area contributed by atoms with Crippen molar-refractivity contribution < 1.29 is 59.3 Å². The Morgan fingerprint density at radius 1 is 0.944 bits per heavy atom. The molecular formula is C36H41F9N4O4S. The molecule has 1 aliphatic carbocycles. The first-order chi connectivity index (χ1) is 25.2. The first-order valence-corrected chi connectivity index (χ1v) is 18.4. The smallest absolute Gasteiger partial charge is 0.416 e.